The fourth-order valence-electron chi connectivity index (χ4n) is 3.91. The average molecular weight is 473 g/mol. The minimum Gasteiger partial charge on any atom is -0.488 e. The number of ether oxygens (including phenoxy) is 1. The number of likely N-dealkylation sites (N-methyl/N-ethyl adjacent to an activating group) is 1. The van der Waals surface area contributed by atoms with Gasteiger partial charge in [0.25, 0.3) is 0 Å². The topological polar surface area (TPSA) is 94.1 Å². The molecule has 3 rings (SSSR count). The Hall–Kier alpha value is -3.17. The van der Waals surface area contributed by atoms with Gasteiger partial charge in [0, 0.05) is 35.9 Å². The molecule has 3 atom stereocenters. The van der Waals surface area contributed by atoms with E-state index in [4.69, 9.17) is 4.74 Å². The maximum atomic E-state index is 13.2. The molecule has 2 aromatic carbocycles. The highest BCUT2D eigenvalue weighted by Gasteiger charge is 2.30. The average Bonchev–Trinajstić information content (AvgIpc) is 2.82. The maximum Gasteiger partial charge on any atom is 0.323 e. The molecular weight excluding hydrogens is 439 g/mol. The van der Waals surface area contributed by atoms with Gasteiger partial charge in [0.05, 0.1) is 19.1 Å². The Morgan fingerprint density at radius 3 is 2.50 bits per heavy atom. The number of carbonyl (C=O) groups excluding carboxylic acids is 2. The van der Waals surface area contributed by atoms with Crippen molar-refractivity contribution < 1.29 is 23.8 Å². The molecule has 184 valence electrons. The van der Waals surface area contributed by atoms with Crippen LogP contribution in [0.4, 0.5) is 20.6 Å². The Bertz CT molecular complexity index is 999. The van der Waals surface area contributed by atoms with Gasteiger partial charge in [-0.15, -0.1) is 0 Å². The summed E-state index contributed by atoms with van der Waals surface area (Å²) in [6, 6.07) is 9.85. The first-order valence-corrected chi connectivity index (χ1v) is 11.3. The molecule has 0 spiro atoms. The van der Waals surface area contributed by atoms with Gasteiger partial charge in [0.2, 0.25) is 5.91 Å². The maximum absolute atomic E-state index is 13.2. The Balaban J connectivity index is 1.85. The minimum atomic E-state index is -0.489. The van der Waals surface area contributed by atoms with Gasteiger partial charge in [0.1, 0.15) is 17.7 Å². The van der Waals surface area contributed by atoms with Crippen LogP contribution in [0.3, 0.4) is 0 Å². The molecule has 0 radical (unpaired) electrons. The van der Waals surface area contributed by atoms with Crippen LogP contribution in [0.2, 0.25) is 0 Å². The van der Waals surface area contributed by atoms with Crippen LogP contribution in [-0.4, -0.2) is 72.8 Å². The summed E-state index contributed by atoms with van der Waals surface area (Å²) in [5.74, 6) is 0.122. The van der Waals surface area contributed by atoms with Crippen molar-refractivity contribution in [3.63, 3.8) is 0 Å². The van der Waals surface area contributed by atoms with Crippen molar-refractivity contribution in [1.29, 1.82) is 0 Å². The molecule has 0 fully saturated rings. The molecule has 0 saturated carbocycles. The van der Waals surface area contributed by atoms with Crippen molar-refractivity contribution in [2.75, 3.05) is 44.4 Å². The Kier molecular flexibility index (Phi) is 8.46. The zero-order valence-corrected chi connectivity index (χ0v) is 20.0. The van der Waals surface area contributed by atoms with Crippen LogP contribution in [0.15, 0.2) is 42.5 Å². The van der Waals surface area contributed by atoms with Gasteiger partial charge in [-0.1, -0.05) is 6.92 Å². The van der Waals surface area contributed by atoms with Crippen LogP contribution in [0, 0.1) is 11.7 Å². The normalized spacial score (nSPS) is 19.4. The third kappa shape index (κ3) is 6.68. The fraction of sp³-hybridized carbons (Fsp3) is 0.440. The van der Waals surface area contributed by atoms with Crippen molar-refractivity contribution in [2.24, 2.45) is 5.92 Å². The van der Waals surface area contributed by atoms with E-state index in [-0.39, 0.29) is 42.8 Å². The third-order valence-corrected chi connectivity index (χ3v) is 5.82. The highest BCUT2D eigenvalue weighted by molar-refractivity contribution is 5.99. The second-order valence-corrected chi connectivity index (χ2v) is 9.06. The summed E-state index contributed by atoms with van der Waals surface area (Å²) >= 11 is 0. The summed E-state index contributed by atoms with van der Waals surface area (Å²) in [6.07, 6.45) is -0.0930. The molecular formula is C25H33FN4O4. The van der Waals surface area contributed by atoms with Crippen molar-refractivity contribution in [3.05, 3.63) is 53.8 Å². The van der Waals surface area contributed by atoms with E-state index in [0.29, 0.717) is 35.8 Å². The van der Waals surface area contributed by atoms with Gasteiger partial charge < -0.3 is 30.3 Å². The lowest BCUT2D eigenvalue weighted by molar-refractivity contribution is -0.134. The predicted octanol–water partition coefficient (Wildman–Crippen LogP) is 3.18. The number of aliphatic hydroxyl groups is 1. The van der Waals surface area contributed by atoms with Crippen LogP contribution in [0.5, 0.6) is 5.75 Å². The van der Waals surface area contributed by atoms with Crippen molar-refractivity contribution >= 4 is 23.3 Å². The number of carbonyl (C=O) groups is 2. The summed E-state index contributed by atoms with van der Waals surface area (Å²) in [5.41, 5.74) is 1.60. The van der Waals surface area contributed by atoms with Gasteiger partial charge in [-0.25, -0.2) is 9.18 Å². The summed E-state index contributed by atoms with van der Waals surface area (Å²) < 4.78 is 19.5. The SMILES string of the molecule is C[C@@H]1CN([C@H](C)CO)C(=O)Cc2cc(NC(=O)Nc3ccc(F)cc3)ccc2O[C@@H]1CN(C)C. The molecule has 2 aromatic rings. The predicted molar refractivity (Wildman–Crippen MR) is 130 cm³/mol. The molecule has 1 heterocycles. The van der Waals surface area contributed by atoms with Gasteiger partial charge in [-0.05, 0) is 63.5 Å². The first-order chi connectivity index (χ1) is 16.2. The zero-order valence-electron chi connectivity index (χ0n) is 20.0. The monoisotopic (exact) mass is 472 g/mol. The summed E-state index contributed by atoms with van der Waals surface area (Å²) in [4.78, 5) is 29.3. The Labute approximate surface area is 199 Å². The van der Waals surface area contributed by atoms with Gasteiger partial charge in [-0.2, -0.15) is 0 Å². The summed E-state index contributed by atoms with van der Waals surface area (Å²) in [6.45, 7) is 4.87. The lowest BCUT2D eigenvalue weighted by atomic mass is 10.0. The van der Waals surface area contributed by atoms with Crippen LogP contribution in [0.25, 0.3) is 0 Å². The number of halogens is 1. The van der Waals surface area contributed by atoms with Gasteiger partial charge in [0.15, 0.2) is 0 Å². The molecule has 8 nitrogen and oxygen atoms in total. The second kappa shape index (κ2) is 11.3. The quantitative estimate of drug-likeness (QED) is 0.601. The molecule has 3 N–H and O–H groups in total. The fourth-order valence-corrected chi connectivity index (χ4v) is 3.91. The van der Waals surface area contributed by atoms with E-state index in [2.05, 4.69) is 10.6 Å². The number of fused-ring (bicyclic) bond motifs is 1. The van der Waals surface area contributed by atoms with E-state index in [0.717, 1.165) is 0 Å². The molecule has 0 unspecified atom stereocenters. The summed E-state index contributed by atoms with van der Waals surface area (Å²) in [7, 11) is 3.94. The molecule has 0 aromatic heterocycles. The summed E-state index contributed by atoms with van der Waals surface area (Å²) in [5, 5.41) is 15.1. The highest BCUT2D eigenvalue weighted by atomic mass is 19.1. The number of rotatable bonds is 6. The van der Waals surface area contributed by atoms with E-state index in [9.17, 15) is 19.1 Å². The number of urea groups is 1. The van der Waals surface area contributed by atoms with Crippen LogP contribution in [-0.2, 0) is 11.2 Å². The number of nitrogens with one attached hydrogen (secondary N) is 2. The number of anilines is 2. The number of aliphatic hydroxyl groups excluding tert-OH is 1. The number of amides is 3. The Morgan fingerprint density at radius 1 is 1.21 bits per heavy atom. The third-order valence-electron chi connectivity index (χ3n) is 5.82. The lowest BCUT2D eigenvalue weighted by Gasteiger charge is -2.33. The molecule has 0 aliphatic carbocycles. The van der Waals surface area contributed by atoms with Crippen molar-refractivity contribution in [2.45, 2.75) is 32.4 Å². The smallest absolute Gasteiger partial charge is 0.323 e. The molecule has 0 bridgehead atoms. The zero-order chi connectivity index (χ0) is 24.8. The van der Waals surface area contributed by atoms with Gasteiger partial charge >= 0.3 is 6.03 Å². The number of hydrogen-bond acceptors (Lipinski definition) is 5. The molecule has 1 aliphatic heterocycles. The van der Waals surface area contributed by atoms with E-state index < -0.39 is 6.03 Å². The largest absolute Gasteiger partial charge is 0.488 e. The minimum absolute atomic E-state index is 0.0330. The first-order valence-electron chi connectivity index (χ1n) is 11.3. The van der Waals surface area contributed by atoms with E-state index in [1.165, 1.54) is 24.3 Å². The molecule has 34 heavy (non-hydrogen) atoms. The number of nitrogens with zero attached hydrogens (tertiary/aromatic N) is 2. The molecule has 0 saturated heterocycles. The Morgan fingerprint density at radius 2 is 1.85 bits per heavy atom. The van der Waals surface area contributed by atoms with Crippen molar-refractivity contribution in [1.82, 2.24) is 9.80 Å². The highest BCUT2D eigenvalue weighted by Crippen LogP contribution is 2.29. The standard InChI is InChI=1S/C25H33FN4O4/c1-16-13-30(17(2)15-31)24(32)12-18-11-21(9-10-22(18)34-23(16)14-29(3)4)28-25(33)27-20-7-5-19(26)6-8-20/h5-11,16-17,23,31H,12-15H2,1-4H3,(H2,27,28,33)/t16-,17-,23-/m1/s1. The molecule has 3 amide bonds. The van der Waals surface area contributed by atoms with E-state index >= 15 is 0 Å². The van der Waals surface area contributed by atoms with E-state index in [1.54, 1.807) is 23.1 Å². The van der Waals surface area contributed by atoms with Gasteiger partial charge in [-0.3, -0.25) is 4.79 Å². The van der Waals surface area contributed by atoms with Crippen LogP contribution >= 0.6 is 0 Å². The van der Waals surface area contributed by atoms with Crippen LogP contribution < -0.4 is 15.4 Å². The number of benzene rings is 2. The number of hydrogen-bond donors (Lipinski definition) is 3. The lowest BCUT2D eigenvalue weighted by Crippen LogP contribution is -2.47. The second-order valence-electron chi connectivity index (χ2n) is 9.06. The van der Waals surface area contributed by atoms with E-state index in [1.807, 2.05) is 32.8 Å². The van der Waals surface area contributed by atoms with Crippen molar-refractivity contribution in [3.8, 4) is 5.75 Å². The molecule has 9 heteroatoms. The first kappa shape index (κ1) is 25.5. The van der Waals surface area contributed by atoms with Crippen LogP contribution in [0.1, 0.15) is 19.4 Å². The molecule has 1 aliphatic rings.